The Morgan fingerprint density at radius 1 is 1.20 bits per heavy atom. The zero-order valence-electron chi connectivity index (χ0n) is 13.4. The van der Waals surface area contributed by atoms with Gasteiger partial charge in [-0.05, 0) is 43.2 Å². The molecule has 2 heterocycles. The van der Waals surface area contributed by atoms with Crippen LogP contribution < -0.4 is 5.32 Å². The summed E-state index contributed by atoms with van der Waals surface area (Å²) in [4.78, 5) is 19.5. The van der Waals surface area contributed by atoms with Crippen molar-refractivity contribution in [2.75, 3.05) is 18.4 Å². The lowest BCUT2D eigenvalue weighted by Crippen LogP contribution is -2.32. The van der Waals surface area contributed by atoms with E-state index in [9.17, 15) is 4.79 Å². The van der Waals surface area contributed by atoms with Gasteiger partial charge in [0.1, 0.15) is 0 Å². The Morgan fingerprint density at radius 3 is 2.76 bits per heavy atom. The van der Waals surface area contributed by atoms with Gasteiger partial charge in [-0.15, -0.1) is 11.3 Å². The highest BCUT2D eigenvalue weighted by Gasteiger charge is 2.18. The van der Waals surface area contributed by atoms with E-state index in [0.717, 1.165) is 51.1 Å². The van der Waals surface area contributed by atoms with Crippen molar-refractivity contribution < 1.29 is 4.79 Å². The molecule has 1 aliphatic heterocycles. The zero-order chi connectivity index (χ0) is 17.2. The van der Waals surface area contributed by atoms with Crippen molar-refractivity contribution >= 4 is 56.6 Å². The number of anilines is 1. The van der Waals surface area contributed by atoms with Crippen molar-refractivity contribution in [2.24, 2.45) is 0 Å². The van der Waals surface area contributed by atoms with Gasteiger partial charge in [0.2, 0.25) is 0 Å². The number of halogens is 1. The summed E-state index contributed by atoms with van der Waals surface area (Å²) < 4.78 is 2.12. The van der Waals surface area contributed by atoms with E-state index in [0.29, 0.717) is 5.02 Å². The average Bonchev–Trinajstić information content (AvgIpc) is 3.26. The Balaban J connectivity index is 1.48. The Kier molecular flexibility index (Phi) is 4.83. The minimum atomic E-state index is -0.0554. The second kappa shape index (κ2) is 7.23. The molecule has 0 aliphatic carbocycles. The predicted molar refractivity (Wildman–Crippen MR) is 105 cm³/mol. The van der Waals surface area contributed by atoms with Gasteiger partial charge in [0.05, 0.1) is 15.2 Å². The Bertz CT molecular complexity index is 889. The third-order valence-corrected chi connectivity index (χ3v) is 6.65. The van der Waals surface area contributed by atoms with E-state index in [2.05, 4.69) is 16.4 Å². The number of nitrogens with one attached hydrogen (secondary N) is 1. The average molecular weight is 390 g/mol. The van der Waals surface area contributed by atoms with Crippen LogP contribution in [0.25, 0.3) is 10.2 Å². The highest BCUT2D eigenvalue weighted by molar-refractivity contribution is 8.01. The van der Waals surface area contributed by atoms with Gasteiger partial charge < -0.3 is 10.2 Å². The number of aromatic nitrogens is 1. The van der Waals surface area contributed by atoms with E-state index in [-0.39, 0.29) is 6.03 Å². The van der Waals surface area contributed by atoms with Crippen LogP contribution in [0.1, 0.15) is 12.8 Å². The van der Waals surface area contributed by atoms with E-state index in [4.69, 9.17) is 11.6 Å². The van der Waals surface area contributed by atoms with Gasteiger partial charge >= 0.3 is 6.03 Å². The van der Waals surface area contributed by atoms with Gasteiger partial charge in [0.15, 0.2) is 4.34 Å². The number of benzene rings is 2. The van der Waals surface area contributed by atoms with Gasteiger partial charge in [-0.3, -0.25) is 0 Å². The first-order chi connectivity index (χ1) is 12.2. The summed E-state index contributed by atoms with van der Waals surface area (Å²) >= 11 is 9.61. The number of carbonyl (C=O) groups excluding carboxylic acids is 1. The molecule has 0 bridgehead atoms. The minimum Gasteiger partial charge on any atom is -0.325 e. The molecule has 1 N–H and O–H groups in total. The van der Waals surface area contributed by atoms with Crippen molar-refractivity contribution in [1.29, 1.82) is 0 Å². The molecule has 0 atom stereocenters. The lowest BCUT2D eigenvalue weighted by molar-refractivity contribution is 0.222. The second-order valence-electron chi connectivity index (χ2n) is 5.82. The van der Waals surface area contributed by atoms with Crippen LogP contribution in [-0.4, -0.2) is 29.0 Å². The van der Waals surface area contributed by atoms with Crippen LogP contribution in [0.4, 0.5) is 10.5 Å². The number of fused-ring (bicyclic) bond motifs is 1. The molecule has 0 unspecified atom stereocenters. The second-order valence-corrected chi connectivity index (χ2v) is 8.55. The topological polar surface area (TPSA) is 45.2 Å². The number of likely N-dealkylation sites (tertiary alicyclic amines) is 1. The quantitative estimate of drug-likeness (QED) is 0.622. The number of hydrogen-bond acceptors (Lipinski definition) is 4. The number of thiazole rings is 1. The van der Waals surface area contributed by atoms with E-state index in [1.54, 1.807) is 29.2 Å². The fraction of sp³-hybridized carbons (Fsp3) is 0.222. The molecular weight excluding hydrogens is 374 g/mol. The van der Waals surface area contributed by atoms with Crippen molar-refractivity contribution in [3.63, 3.8) is 0 Å². The summed E-state index contributed by atoms with van der Waals surface area (Å²) in [7, 11) is 0. The maximum Gasteiger partial charge on any atom is 0.321 e. The molecule has 128 valence electrons. The first-order valence-electron chi connectivity index (χ1n) is 8.08. The first-order valence-corrected chi connectivity index (χ1v) is 10.1. The van der Waals surface area contributed by atoms with E-state index >= 15 is 0 Å². The summed E-state index contributed by atoms with van der Waals surface area (Å²) in [5.41, 5.74) is 1.72. The fourth-order valence-corrected chi connectivity index (χ4v) is 5.10. The SMILES string of the molecule is O=C(Nc1ccc(Sc2nc3ccccc3s2)c(Cl)c1)N1CCCC1. The molecule has 0 radical (unpaired) electrons. The number of carbonyl (C=O) groups is 1. The summed E-state index contributed by atoms with van der Waals surface area (Å²) in [6.45, 7) is 1.65. The van der Waals surface area contributed by atoms with E-state index < -0.39 is 0 Å². The van der Waals surface area contributed by atoms with Crippen LogP contribution in [0.2, 0.25) is 5.02 Å². The molecular formula is C18H16ClN3OS2. The number of para-hydroxylation sites is 1. The Labute approximate surface area is 159 Å². The smallest absolute Gasteiger partial charge is 0.321 e. The Hall–Kier alpha value is -1.76. The maximum atomic E-state index is 12.2. The highest BCUT2D eigenvalue weighted by atomic mass is 35.5. The molecule has 2 aromatic carbocycles. The van der Waals surface area contributed by atoms with Crippen LogP contribution in [0.3, 0.4) is 0 Å². The maximum absolute atomic E-state index is 12.2. The summed E-state index contributed by atoms with van der Waals surface area (Å²) in [6.07, 6.45) is 2.15. The normalized spacial score (nSPS) is 14.2. The molecule has 4 rings (SSSR count). The van der Waals surface area contributed by atoms with Gasteiger partial charge in [-0.25, -0.2) is 9.78 Å². The number of hydrogen-bond donors (Lipinski definition) is 1. The third-order valence-electron chi connectivity index (χ3n) is 4.05. The lowest BCUT2D eigenvalue weighted by atomic mass is 10.3. The van der Waals surface area contributed by atoms with Crippen molar-refractivity contribution in [3.8, 4) is 0 Å². The summed E-state index contributed by atoms with van der Waals surface area (Å²) in [5.74, 6) is 0. The molecule has 1 aromatic heterocycles. The van der Waals surface area contributed by atoms with Gasteiger partial charge in [0.25, 0.3) is 0 Å². The molecule has 2 amide bonds. The van der Waals surface area contributed by atoms with Gasteiger partial charge in [-0.2, -0.15) is 0 Å². The highest BCUT2D eigenvalue weighted by Crippen LogP contribution is 2.38. The van der Waals surface area contributed by atoms with E-state index in [1.165, 1.54) is 0 Å². The van der Waals surface area contributed by atoms with Crippen LogP contribution in [0, 0.1) is 0 Å². The van der Waals surface area contributed by atoms with E-state index in [1.807, 2.05) is 35.2 Å². The summed E-state index contributed by atoms with van der Waals surface area (Å²) in [6, 6.07) is 13.6. The van der Waals surface area contributed by atoms with Gasteiger partial charge in [0, 0.05) is 23.7 Å². The molecule has 3 aromatic rings. The molecule has 1 aliphatic rings. The van der Waals surface area contributed by atoms with Crippen LogP contribution in [-0.2, 0) is 0 Å². The van der Waals surface area contributed by atoms with Crippen LogP contribution in [0.5, 0.6) is 0 Å². The van der Waals surface area contributed by atoms with Gasteiger partial charge in [-0.1, -0.05) is 35.5 Å². The monoisotopic (exact) mass is 389 g/mol. The van der Waals surface area contributed by atoms with Crippen molar-refractivity contribution in [3.05, 3.63) is 47.5 Å². The van der Waals surface area contributed by atoms with Crippen LogP contribution >= 0.6 is 34.7 Å². The van der Waals surface area contributed by atoms with Crippen molar-refractivity contribution in [1.82, 2.24) is 9.88 Å². The lowest BCUT2D eigenvalue weighted by Gasteiger charge is -2.16. The molecule has 25 heavy (non-hydrogen) atoms. The molecule has 4 nitrogen and oxygen atoms in total. The third kappa shape index (κ3) is 3.76. The summed E-state index contributed by atoms with van der Waals surface area (Å²) in [5, 5.41) is 3.53. The number of urea groups is 1. The zero-order valence-corrected chi connectivity index (χ0v) is 15.8. The molecule has 0 spiro atoms. The molecule has 7 heteroatoms. The number of amides is 2. The number of rotatable bonds is 3. The predicted octanol–water partition coefficient (Wildman–Crippen LogP) is 5.73. The largest absolute Gasteiger partial charge is 0.325 e. The first kappa shape index (κ1) is 16.7. The molecule has 1 fully saturated rings. The Morgan fingerprint density at radius 2 is 2.00 bits per heavy atom. The standard InChI is InChI=1S/C18H16ClN3OS2/c19-13-11-12(20-17(23)22-9-3-4-10-22)7-8-15(13)24-18-21-14-5-1-2-6-16(14)25-18/h1-2,5-8,11H,3-4,9-10H2,(H,20,23). The number of nitrogens with zero attached hydrogens (tertiary/aromatic N) is 2. The fourth-order valence-electron chi connectivity index (χ4n) is 2.77. The minimum absolute atomic E-state index is 0.0554. The van der Waals surface area contributed by atoms with Crippen molar-refractivity contribution in [2.45, 2.75) is 22.1 Å². The molecule has 1 saturated heterocycles. The molecule has 0 saturated carbocycles. The van der Waals surface area contributed by atoms with Crippen LogP contribution in [0.15, 0.2) is 51.7 Å².